The van der Waals surface area contributed by atoms with E-state index in [2.05, 4.69) is 10.3 Å². The quantitative estimate of drug-likeness (QED) is 0.794. The van der Waals surface area contributed by atoms with Crippen molar-refractivity contribution in [3.63, 3.8) is 0 Å². The van der Waals surface area contributed by atoms with E-state index in [4.69, 9.17) is 5.11 Å². The van der Waals surface area contributed by atoms with E-state index >= 15 is 0 Å². The Morgan fingerprint density at radius 3 is 2.64 bits per heavy atom. The summed E-state index contributed by atoms with van der Waals surface area (Å²) in [5, 5.41) is 16.4. The fourth-order valence-corrected chi connectivity index (χ4v) is 1.34. The summed E-state index contributed by atoms with van der Waals surface area (Å²) in [6.07, 6.45) is 1.55. The molecule has 1 N–H and O–H groups in total. The standard InChI is InChI=1S/C9H15N3O2/c1-4-6(3)12-7(5-2)8(9(13)14)10-11-12/h6H,4-5H2,1-3H3,(H,13,14). The summed E-state index contributed by atoms with van der Waals surface area (Å²) in [7, 11) is 0. The number of hydrogen-bond acceptors (Lipinski definition) is 3. The third-order valence-corrected chi connectivity index (χ3v) is 2.34. The van der Waals surface area contributed by atoms with Crippen LogP contribution in [-0.4, -0.2) is 26.1 Å². The van der Waals surface area contributed by atoms with Gasteiger partial charge >= 0.3 is 5.97 Å². The normalized spacial score (nSPS) is 12.8. The second-order valence-corrected chi connectivity index (χ2v) is 3.25. The van der Waals surface area contributed by atoms with E-state index < -0.39 is 5.97 Å². The minimum atomic E-state index is -1.00. The van der Waals surface area contributed by atoms with Gasteiger partial charge in [0, 0.05) is 0 Å². The maximum atomic E-state index is 10.8. The average molecular weight is 197 g/mol. The molecule has 0 saturated carbocycles. The highest BCUT2D eigenvalue weighted by Crippen LogP contribution is 2.15. The Morgan fingerprint density at radius 2 is 2.21 bits per heavy atom. The molecule has 0 radical (unpaired) electrons. The van der Waals surface area contributed by atoms with Crippen LogP contribution < -0.4 is 0 Å². The van der Waals surface area contributed by atoms with Crippen LogP contribution in [0.3, 0.4) is 0 Å². The van der Waals surface area contributed by atoms with Crippen LogP contribution >= 0.6 is 0 Å². The molecule has 5 nitrogen and oxygen atoms in total. The number of carbonyl (C=O) groups is 1. The van der Waals surface area contributed by atoms with E-state index in [0.717, 1.165) is 6.42 Å². The third-order valence-electron chi connectivity index (χ3n) is 2.34. The number of aromatic carboxylic acids is 1. The topological polar surface area (TPSA) is 68.0 Å². The molecule has 1 aromatic heterocycles. The van der Waals surface area contributed by atoms with E-state index in [9.17, 15) is 4.79 Å². The molecular formula is C9H15N3O2. The summed E-state index contributed by atoms with van der Waals surface area (Å²) in [5.41, 5.74) is 0.777. The van der Waals surface area contributed by atoms with Gasteiger partial charge in [0.05, 0.1) is 11.7 Å². The predicted molar refractivity (Wildman–Crippen MR) is 51.4 cm³/mol. The molecule has 0 aliphatic heterocycles. The van der Waals surface area contributed by atoms with Crippen LogP contribution in [-0.2, 0) is 6.42 Å². The van der Waals surface area contributed by atoms with Crippen molar-refractivity contribution in [3.8, 4) is 0 Å². The molecule has 5 heteroatoms. The number of carboxylic acids is 1. The summed E-state index contributed by atoms with van der Waals surface area (Å²) < 4.78 is 1.70. The first-order valence-electron chi connectivity index (χ1n) is 4.79. The number of hydrogen-bond donors (Lipinski definition) is 1. The lowest BCUT2D eigenvalue weighted by Gasteiger charge is -2.11. The van der Waals surface area contributed by atoms with Gasteiger partial charge in [0.2, 0.25) is 0 Å². The van der Waals surface area contributed by atoms with Crippen molar-refractivity contribution in [1.82, 2.24) is 15.0 Å². The molecule has 1 heterocycles. The zero-order chi connectivity index (χ0) is 10.7. The van der Waals surface area contributed by atoms with Gasteiger partial charge in [0.1, 0.15) is 0 Å². The van der Waals surface area contributed by atoms with Gasteiger partial charge in [-0.1, -0.05) is 19.1 Å². The van der Waals surface area contributed by atoms with Crippen molar-refractivity contribution >= 4 is 5.97 Å². The van der Waals surface area contributed by atoms with Crippen LogP contribution in [0.1, 0.15) is 49.4 Å². The third kappa shape index (κ3) is 1.76. The van der Waals surface area contributed by atoms with Gasteiger partial charge in [-0.25, -0.2) is 9.48 Å². The average Bonchev–Trinajstić information content (AvgIpc) is 2.59. The van der Waals surface area contributed by atoms with Crippen LogP contribution in [0, 0.1) is 0 Å². The second kappa shape index (κ2) is 4.21. The van der Waals surface area contributed by atoms with Crippen LogP contribution in [0.15, 0.2) is 0 Å². The second-order valence-electron chi connectivity index (χ2n) is 3.25. The Morgan fingerprint density at radius 1 is 1.57 bits per heavy atom. The molecule has 0 aliphatic carbocycles. The van der Waals surface area contributed by atoms with Gasteiger partial charge in [-0.2, -0.15) is 0 Å². The molecule has 1 aromatic rings. The van der Waals surface area contributed by atoms with E-state index in [-0.39, 0.29) is 11.7 Å². The fraction of sp³-hybridized carbons (Fsp3) is 0.667. The summed E-state index contributed by atoms with van der Waals surface area (Å²) in [6, 6.07) is 0.200. The first kappa shape index (κ1) is 10.7. The molecule has 0 spiro atoms. The van der Waals surface area contributed by atoms with Gasteiger partial charge in [-0.3, -0.25) is 0 Å². The van der Waals surface area contributed by atoms with Gasteiger partial charge in [-0.05, 0) is 19.8 Å². The first-order chi connectivity index (χ1) is 6.61. The highest BCUT2D eigenvalue weighted by molar-refractivity contribution is 5.86. The molecule has 0 bridgehead atoms. The Balaban J connectivity index is 3.13. The molecule has 1 rings (SSSR count). The molecule has 0 amide bonds. The zero-order valence-corrected chi connectivity index (χ0v) is 8.69. The summed E-state index contributed by atoms with van der Waals surface area (Å²) in [4.78, 5) is 10.8. The summed E-state index contributed by atoms with van der Waals surface area (Å²) in [6.45, 7) is 5.94. The van der Waals surface area contributed by atoms with Crippen molar-refractivity contribution in [1.29, 1.82) is 0 Å². The minimum Gasteiger partial charge on any atom is -0.476 e. The molecule has 0 aromatic carbocycles. The van der Waals surface area contributed by atoms with Crippen molar-refractivity contribution in [3.05, 3.63) is 11.4 Å². The Hall–Kier alpha value is -1.39. The van der Waals surface area contributed by atoms with Crippen molar-refractivity contribution < 1.29 is 9.90 Å². The van der Waals surface area contributed by atoms with Crippen LogP contribution in [0.5, 0.6) is 0 Å². The van der Waals surface area contributed by atoms with Crippen LogP contribution in [0.4, 0.5) is 0 Å². The first-order valence-corrected chi connectivity index (χ1v) is 4.79. The van der Waals surface area contributed by atoms with Crippen LogP contribution in [0.2, 0.25) is 0 Å². The molecule has 1 unspecified atom stereocenters. The lowest BCUT2D eigenvalue weighted by molar-refractivity contribution is 0.0689. The maximum absolute atomic E-state index is 10.8. The summed E-state index contributed by atoms with van der Waals surface area (Å²) >= 11 is 0. The lowest BCUT2D eigenvalue weighted by Crippen LogP contribution is -2.11. The Kier molecular flexibility index (Phi) is 3.22. The number of carboxylic acid groups (broad SMARTS) is 1. The highest BCUT2D eigenvalue weighted by Gasteiger charge is 2.19. The summed E-state index contributed by atoms with van der Waals surface area (Å²) in [5.74, 6) is -1.00. The van der Waals surface area contributed by atoms with Gasteiger partial charge in [0.15, 0.2) is 5.69 Å². The molecule has 78 valence electrons. The smallest absolute Gasteiger partial charge is 0.358 e. The van der Waals surface area contributed by atoms with Gasteiger partial charge in [0.25, 0.3) is 0 Å². The van der Waals surface area contributed by atoms with Gasteiger partial charge in [-0.15, -0.1) is 5.10 Å². The number of rotatable bonds is 4. The zero-order valence-electron chi connectivity index (χ0n) is 8.69. The molecule has 0 saturated heterocycles. The molecule has 14 heavy (non-hydrogen) atoms. The van der Waals surface area contributed by atoms with E-state index in [1.165, 1.54) is 0 Å². The Bertz CT molecular complexity index is 333. The maximum Gasteiger partial charge on any atom is 0.358 e. The number of aromatic nitrogens is 3. The van der Waals surface area contributed by atoms with E-state index in [1.807, 2.05) is 20.8 Å². The van der Waals surface area contributed by atoms with E-state index in [0.29, 0.717) is 12.1 Å². The highest BCUT2D eigenvalue weighted by atomic mass is 16.4. The lowest BCUT2D eigenvalue weighted by atomic mass is 10.2. The fourth-order valence-electron chi connectivity index (χ4n) is 1.34. The Labute approximate surface area is 82.7 Å². The van der Waals surface area contributed by atoms with E-state index in [1.54, 1.807) is 4.68 Å². The van der Waals surface area contributed by atoms with Crippen molar-refractivity contribution in [2.45, 2.75) is 39.7 Å². The minimum absolute atomic E-state index is 0.0767. The van der Waals surface area contributed by atoms with Crippen LogP contribution in [0.25, 0.3) is 0 Å². The monoisotopic (exact) mass is 197 g/mol. The molecule has 0 aliphatic rings. The molecule has 0 fully saturated rings. The molecule has 1 atom stereocenters. The predicted octanol–water partition coefficient (Wildman–Crippen LogP) is 1.51. The SMILES string of the molecule is CCc1c(C(=O)O)nnn1C(C)CC. The van der Waals surface area contributed by atoms with Crippen molar-refractivity contribution in [2.24, 2.45) is 0 Å². The largest absolute Gasteiger partial charge is 0.476 e. The number of nitrogens with zero attached hydrogens (tertiary/aromatic N) is 3. The van der Waals surface area contributed by atoms with Gasteiger partial charge < -0.3 is 5.11 Å². The molecular weight excluding hydrogens is 182 g/mol. The van der Waals surface area contributed by atoms with Crippen molar-refractivity contribution in [2.75, 3.05) is 0 Å².